The molecule has 0 radical (unpaired) electrons. The summed E-state index contributed by atoms with van der Waals surface area (Å²) < 4.78 is 0.974. The SMILES string of the molecule is C=CC1(C)CC(=N)C(=N)C=C(Br)C1. The standard InChI is InChI=1S/C10H13BrN2/c1-3-10(2)5-7(11)4-8(12)9(13)6-10/h3-4,12-13H,1,5-6H2,2H3. The van der Waals surface area contributed by atoms with Crippen molar-refractivity contribution in [3.05, 3.63) is 23.2 Å². The lowest BCUT2D eigenvalue weighted by molar-refractivity contribution is 0.455. The molecule has 0 spiro atoms. The van der Waals surface area contributed by atoms with E-state index in [1.165, 1.54) is 0 Å². The number of allylic oxidation sites excluding steroid dienone is 3. The highest BCUT2D eigenvalue weighted by atomic mass is 79.9. The fraction of sp³-hybridized carbons (Fsp3) is 0.400. The van der Waals surface area contributed by atoms with Gasteiger partial charge in [0, 0.05) is 6.42 Å². The zero-order valence-electron chi connectivity index (χ0n) is 7.65. The summed E-state index contributed by atoms with van der Waals surface area (Å²) in [7, 11) is 0. The second-order valence-corrected chi connectivity index (χ2v) is 4.71. The maximum absolute atomic E-state index is 7.65. The maximum atomic E-state index is 7.65. The Morgan fingerprint density at radius 3 is 2.69 bits per heavy atom. The van der Waals surface area contributed by atoms with E-state index in [2.05, 4.69) is 29.4 Å². The fourth-order valence-corrected chi connectivity index (χ4v) is 2.26. The predicted molar refractivity (Wildman–Crippen MR) is 60.0 cm³/mol. The van der Waals surface area contributed by atoms with E-state index in [4.69, 9.17) is 10.8 Å². The van der Waals surface area contributed by atoms with Crippen molar-refractivity contribution in [3.8, 4) is 0 Å². The third-order valence-corrected chi connectivity index (χ3v) is 2.78. The van der Waals surface area contributed by atoms with E-state index in [0.717, 1.165) is 10.9 Å². The molecule has 0 bridgehead atoms. The van der Waals surface area contributed by atoms with Crippen molar-refractivity contribution in [2.24, 2.45) is 5.41 Å². The highest BCUT2D eigenvalue weighted by Crippen LogP contribution is 2.35. The fourth-order valence-electron chi connectivity index (χ4n) is 1.39. The minimum atomic E-state index is -0.0881. The lowest BCUT2D eigenvalue weighted by atomic mass is 9.82. The molecule has 13 heavy (non-hydrogen) atoms. The summed E-state index contributed by atoms with van der Waals surface area (Å²) in [4.78, 5) is 0. The first-order valence-corrected chi connectivity index (χ1v) is 4.92. The van der Waals surface area contributed by atoms with Crippen LogP contribution in [0.4, 0.5) is 0 Å². The molecule has 70 valence electrons. The molecule has 0 fully saturated rings. The lowest BCUT2D eigenvalue weighted by Crippen LogP contribution is -2.19. The second kappa shape index (κ2) is 3.58. The van der Waals surface area contributed by atoms with Gasteiger partial charge in [0.15, 0.2) is 0 Å². The highest BCUT2D eigenvalue weighted by Gasteiger charge is 2.27. The Hall–Kier alpha value is -0.700. The summed E-state index contributed by atoms with van der Waals surface area (Å²) in [5, 5.41) is 15.2. The van der Waals surface area contributed by atoms with Crippen LogP contribution in [0.1, 0.15) is 19.8 Å². The Bertz CT molecular complexity index is 304. The van der Waals surface area contributed by atoms with Crippen LogP contribution in [0.3, 0.4) is 0 Å². The zero-order valence-corrected chi connectivity index (χ0v) is 9.24. The molecule has 1 aliphatic carbocycles. The van der Waals surface area contributed by atoms with Gasteiger partial charge >= 0.3 is 0 Å². The number of hydrogen-bond acceptors (Lipinski definition) is 2. The summed E-state index contributed by atoms with van der Waals surface area (Å²) in [6.45, 7) is 5.83. The van der Waals surface area contributed by atoms with Gasteiger partial charge in [-0.25, -0.2) is 0 Å². The first-order valence-electron chi connectivity index (χ1n) is 4.13. The molecule has 1 aliphatic rings. The van der Waals surface area contributed by atoms with Gasteiger partial charge in [-0.1, -0.05) is 28.9 Å². The highest BCUT2D eigenvalue weighted by molar-refractivity contribution is 9.11. The molecule has 1 unspecified atom stereocenters. The molecule has 2 N–H and O–H groups in total. The summed E-state index contributed by atoms with van der Waals surface area (Å²) >= 11 is 3.40. The van der Waals surface area contributed by atoms with Crippen LogP contribution < -0.4 is 0 Å². The quantitative estimate of drug-likeness (QED) is 0.662. The van der Waals surface area contributed by atoms with Gasteiger partial charge in [-0.05, 0) is 22.4 Å². The van der Waals surface area contributed by atoms with E-state index >= 15 is 0 Å². The van der Waals surface area contributed by atoms with Gasteiger partial charge in [0.25, 0.3) is 0 Å². The average Bonchev–Trinajstić information content (AvgIpc) is 2.11. The molecule has 0 heterocycles. The number of nitrogens with one attached hydrogen (secondary N) is 2. The minimum Gasteiger partial charge on any atom is -0.303 e. The molecule has 0 saturated heterocycles. The first-order chi connectivity index (χ1) is 5.97. The van der Waals surface area contributed by atoms with E-state index < -0.39 is 0 Å². The smallest absolute Gasteiger partial charge is 0.0755 e. The summed E-state index contributed by atoms with van der Waals surface area (Å²) in [5.41, 5.74) is 0.601. The normalized spacial score (nSPS) is 29.5. The summed E-state index contributed by atoms with van der Waals surface area (Å²) in [5.74, 6) is 0. The average molecular weight is 241 g/mol. The van der Waals surface area contributed by atoms with Crippen molar-refractivity contribution in [3.63, 3.8) is 0 Å². The largest absolute Gasteiger partial charge is 0.303 e. The Balaban J connectivity index is 3.02. The van der Waals surface area contributed by atoms with Crippen molar-refractivity contribution in [1.82, 2.24) is 0 Å². The van der Waals surface area contributed by atoms with Crippen LogP contribution in [-0.4, -0.2) is 11.4 Å². The monoisotopic (exact) mass is 240 g/mol. The lowest BCUT2D eigenvalue weighted by Gasteiger charge is -2.23. The Morgan fingerprint density at radius 1 is 1.54 bits per heavy atom. The summed E-state index contributed by atoms with van der Waals surface area (Å²) in [6, 6.07) is 0. The summed E-state index contributed by atoms with van der Waals surface area (Å²) in [6.07, 6.45) is 4.99. The molecule has 0 aliphatic heterocycles. The molecular formula is C10H13BrN2. The van der Waals surface area contributed by atoms with Crippen LogP contribution in [0.25, 0.3) is 0 Å². The molecule has 1 atom stereocenters. The van der Waals surface area contributed by atoms with Gasteiger partial charge in [-0.15, -0.1) is 6.58 Å². The molecule has 0 aromatic rings. The van der Waals surface area contributed by atoms with Crippen molar-refractivity contribution in [1.29, 1.82) is 10.8 Å². The van der Waals surface area contributed by atoms with Crippen LogP contribution in [0.5, 0.6) is 0 Å². The van der Waals surface area contributed by atoms with Crippen molar-refractivity contribution >= 4 is 27.4 Å². The number of rotatable bonds is 1. The zero-order chi connectivity index (χ0) is 10.1. The predicted octanol–water partition coefficient (Wildman–Crippen LogP) is 3.29. The van der Waals surface area contributed by atoms with Crippen molar-refractivity contribution in [2.45, 2.75) is 19.8 Å². The van der Waals surface area contributed by atoms with Crippen molar-refractivity contribution < 1.29 is 0 Å². The molecule has 0 saturated carbocycles. The van der Waals surface area contributed by atoms with Crippen LogP contribution in [0.2, 0.25) is 0 Å². The molecule has 2 nitrogen and oxygen atoms in total. The molecule has 1 rings (SSSR count). The van der Waals surface area contributed by atoms with Gasteiger partial charge in [0.2, 0.25) is 0 Å². The Morgan fingerprint density at radius 2 is 2.15 bits per heavy atom. The van der Waals surface area contributed by atoms with Gasteiger partial charge in [-0.3, -0.25) is 5.41 Å². The van der Waals surface area contributed by atoms with Crippen LogP contribution in [0.15, 0.2) is 23.2 Å². The molecule has 0 amide bonds. The van der Waals surface area contributed by atoms with Crippen molar-refractivity contribution in [2.75, 3.05) is 0 Å². The molecule has 0 aromatic heterocycles. The van der Waals surface area contributed by atoms with Gasteiger partial charge in [0.1, 0.15) is 0 Å². The van der Waals surface area contributed by atoms with Gasteiger partial charge < -0.3 is 5.41 Å². The van der Waals surface area contributed by atoms with E-state index in [0.29, 0.717) is 17.8 Å². The topological polar surface area (TPSA) is 47.7 Å². The Kier molecular flexibility index (Phi) is 2.86. The molecule has 0 aromatic carbocycles. The minimum absolute atomic E-state index is 0.0881. The van der Waals surface area contributed by atoms with E-state index in [1.807, 2.05) is 6.08 Å². The van der Waals surface area contributed by atoms with Gasteiger partial charge in [0.05, 0.1) is 11.4 Å². The van der Waals surface area contributed by atoms with Gasteiger partial charge in [-0.2, -0.15) is 0 Å². The third kappa shape index (κ3) is 2.37. The number of halogens is 1. The first kappa shape index (κ1) is 10.4. The van der Waals surface area contributed by atoms with E-state index in [1.54, 1.807) is 6.08 Å². The number of hydrogen-bond donors (Lipinski definition) is 2. The maximum Gasteiger partial charge on any atom is 0.0755 e. The van der Waals surface area contributed by atoms with E-state index in [9.17, 15) is 0 Å². The second-order valence-electron chi connectivity index (χ2n) is 3.70. The van der Waals surface area contributed by atoms with Crippen LogP contribution in [0, 0.1) is 16.2 Å². The van der Waals surface area contributed by atoms with Crippen LogP contribution >= 0.6 is 15.9 Å². The third-order valence-electron chi connectivity index (χ3n) is 2.27. The van der Waals surface area contributed by atoms with Crippen LogP contribution in [-0.2, 0) is 0 Å². The molecule has 3 heteroatoms. The molecular weight excluding hydrogens is 228 g/mol. The van der Waals surface area contributed by atoms with E-state index in [-0.39, 0.29) is 5.41 Å². The Labute approximate surface area is 86.9 Å².